The van der Waals surface area contributed by atoms with Gasteiger partial charge in [-0.05, 0) is 41.1 Å². The van der Waals surface area contributed by atoms with E-state index in [1.54, 1.807) is 0 Å². The fourth-order valence-electron chi connectivity index (χ4n) is 2.89. The molecule has 3 aromatic heterocycles. The largest absolute Gasteiger partial charge is 0.357 e. The first kappa shape index (κ1) is 21.7. The molecule has 3 aromatic rings. The molecular weight excluding hydrogens is 519 g/mol. The van der Waals surface area contributed by atoms with E-state index in [1.165, 1.54) is 5.69 Å². The van der Waals surface area contributed by atoms with Crippen LogP contribution < -0.4 is 5.32 Å². The fourth-order valence-corrected chi connectivity index (χ4v) is 3.47. The molecule has 0 aliphatic carbocycles. The van der Waals surface area contributed by atoms with Gasteiger partial charge in [0.05, 0.1) is 12.2 Å². The Kier molecular flexibility index (Phi) is 8.15. The smallest absolute Gasteiger partial charge is 0.194 e. The molecule has 0 aliphatic rings. The maximum Gasteiger partial charge on any atom is 0.194 e. The number of nitrogens with one attached hydrogen (secondary N) is 1. The lowest BCUT2D eigenvalue weighted by Crippen LogP contribution is -2.39. The average Bonchev–Trinajstić information content (AvgIpc) is 3.16. The SMILES string of the molecule is CCNC(=NCCc1cn2ccccc2n1)N(C)Cc1cc(Br)cn1C.I. The van der Waals surface area contributed by atoms with Crippen molar-refractivity contribution < 1.29 is 0 Å². The number of guanidine groups is 1. The van der Waals surface area contributed by atoms with Crippen molar-refractivity contribution in [3.63, 3.8) is 0 Å². The van der Waals surface area contributed by atoms with Crippen LogP contribution in [0.3, 0.4) is 0 Å². The molecule has 0 saturated carbocycles. The van der Waals surface area contributed by atoms with Crippen LogP contribution in [0.2, 0.25) is 0 Å². The zero-order chi connectivity index (χ0) is 18.5. The third-order valence-corrected chi connectivity index (χ3v) is 4.65. The second-order valence-corrected chi connectivity index (χ2v) is 7.22. The van der Waals surface area contributed by atoms with Gasteiger partial charge >= 0.3 is 0 Å². The standard InChI is InChI=1S/C19H25BrN6.HI/c1-4-21-19(25(3)14-17-11-15(20)12-24(17)2)22-9-8-16-13-26-10-6-5-7-18(26)23-16;/h5-7,10-13H,4,8-9,14H2,1-3H3,(H,21,22);1H. The third-order valence-electron chi connectivity index (χ3n) is 4.21. The van der Waals surface area contributed by atoms with E-state index in [9.17, 15) is 0 Å². The molecule has 3 rings (SSSR count). The average molecular weight is 545 g/mol. The van der Waals surface area contributed by atoms with Crippen molar-refractivity contribution in [3.05, 3.63) is 58.7 Å². The summed E-state index contributed by atoms with van der Waals surface area (Å²) in [6, 6.07) is 8.17. The van der Waals surface area contributed by atoms with Gasteiger partial charge in [-0.15, -0.1) is 24.0 Å². The molecule has 0 unspecified atom stereocenters. The summed E-state index contributed by atoms with van der Waals surface area (Å²) < 4.78 is 5.27. The maximum absolute atomic E-state index is 4.77. The number of aryl methyl sites for hydroxylation is 1. The van der Waals surface area contributed by atoms with E-state index in [0.717, 1.165) is 41.3 Å². The Hall–Kier alpha value is -1.55. The highest BCUT2D eigenvalue weighted by Gasteiger charge is 2.10. The van der Waals surface area contributed by atoms with Crippen molar-refractivity contribution in [2.45, 2.75) is 19.9 Å². The van der Waals surface area contributed by atoms with E-state index in [0.29, 0.717) is 6.54 Å². The molecule has 3 heterocycles. The van der Waals surface area contributed by atoms with Crippen LogP contribution in [0.5, 0.6) is 0 Å². The molecule has 0 spiro atoms. The lowest BCUT2D eigenvalue weighted by atomic mass is 10.3. The Morgan fingerprint density at radius 1 is 1.33 bits per heavy atom. The second kappa shape index (κ2) is 10.1. The Labute approximate surface area is 185 Å². The molecule has 0 atom stereocenters. The van der Waals surface area contributed by atoms with Gasteiger partial charge in [0.15, 0.2) is 5.96 Å². The molecule has 0 aliphatic heterocycles. The number of hydrogen-bond acceptors (Lipinski definition) is 2. The van der Waals surface area contributed by atoms with Crippen LogP contribution in [0.1, 0.15) is 18.3 Å². The molecule has 27 heavy (non-hydrogen) atoms. The number of aliphatic imine (C=N–C) groups is 1. The minimum absolute atomic E-state index is 0. The minimum atomic E-state index is 0. The topological polar surface area (TPSA) is 49.9 Å². The van der Waals surface area contributed by atoms with Crippen molar-refractivity contribution in [2.75, 3.05) is 20.1 Å². The lowest BCUT2D eigenvalue weighted by Gasteiger charge is -2.22. The maximum atomic E-state index is 4.77. The first-order valence-corrected chi connectivity index (χ1v) is 9.59. The Balaban J connectivity index is 0.00000261. The number of halogens is 2. The minimum Gasteiger partial charge on any atom is -0.357 e. The number of imidazole rings is 1. The monoisotopic (exact) mass is 544 g/mol. The molecule has 0 aromatic carbocycles. The summed E-state index contributed by atoms with van der Waals surface area (Å²) >= 11 is 3.53. The van der Waals surface area contributed by atoms with E-state index in [4.69, 9.17) is 4.99 Å². The van der Waals surface area contributed by atoms with Gasteiger partial charge in [0, 0.05) is 62.4 Å². The lowest BCUT2D eigenvalue weighted by molar-refractivity contribution is 0.462. The molecule has 8 heteroatoms. The van der Waals surface area contributed by atoms with Crippen LogP contribution in [-0.2, 0) is 20.0 Å². The van der Waals surface area contributed by atoms with Crippen molar-refractivity contribution >= 4 is 51.5 Å². The summed E-state index contributed by atoms with van der Waals surface area (Å²) in [6.45, 7) is 4.43. The first-order chi connectivity index (χ1) is 12.6. The Morgan fingerprint density at radius 2 is 2.15 bits per heavy atom. The van der Waals surface area contributed by atoms with Gasteiger partial charge in [-0.1, -0.05) is 6.07 Å². The van der Waals surface area contributed by atoms with E-state index in [-0.39, 0.29) is 24.0 Å². The van der Waals surface area contributed by atoms with Crippen molar-refractivity contribution in [1.82, 2.24) is 24.2 Å². The van der Waals surface area contributed by atoms with Crippen LogP contribution in [-0.4, -0.2) is 44.9 Å². The van der Waals surface area contributed by atoms with Gasteiger partial charge in [0.2, 0.25) is 0 Å². The molecule has 0 amide bonds. The van der Waals surface area contributed by atoms with Crippen molar-refractivity contribution in [3.8, 4) is 0 Å². The predicted molar refractivity (Wildman–Crippen MR) is 125 cm³/mol. The van der Waals surface area contributed by atoms with E-state index < -0.39 is 0 Å². The van der Waals surface area contributed by atoms with Crippen molar-refractivity contribution in [2.24, 2.45) is 12.0 Å². The van der Waals surface area contributed by atoms with Crippen LogP contribution in [0.25, 0.3) is 5.65 Å². The summed E-state index contributed by atoms with van der Waals surface area (Å²) in [5.41, 5.74) is 3.26. The van der Waals surface area contributed by atoms with Gasteiger partial charge in [0.1, 0.15) is 5.65 Å². The molecule has 0 bridgehead atoms. The predicted octanol–water partition coefficient (Wildman–Crippen LogP) is 3.69. The summed E-state index contributed by atoms with van der Waals surface area (Å²) in [4.78, 5) is 11.6. The summed E-state index contributed by atoms with van der Waals surface area (Å²) in [5.74, 6) is 0.911. The Bertz CT molecular complexity index is 868. The third kappa shape index (κ3) is 5.71. The van der Waals surface area contributed by atoms with Gasteiger partial charge < -0.3 is 19.2 Å². The quantitative estimate of drug-likeness (QED) is 0.292. The number of aromatic nitrogens is 3. The first-order valence-electron chi connectivity index (χ1n) is 8.79. The number of rotatable bonds is 6. The number of nitrogens with zero attached hydrogens (tertiary/aromatic N) is 5. The van der Waals surface area contributed by atoms with Crippen molar-refractivity contribution in [1.29, 1.82) is 0 Å². The highest BCUT2D eigenvalue weighted by molar-refractivity contribution is 14.0. The summed E-state index contributed by atoms with van der Waals surface area (Å²) in [7, 11) is 4.12. The van der Waals surface area contributed by atoms with Crippen LogP contribution in [0.4, 0.5) is 0 Å². The van der Waals surface area contributed by atoms with Gasteiger partial charge in [0.25, 0.3) is 0 Å². The zero-order valence-electron chi connectivity index (χ0n) is 15.9. The zero-order valence-corrected chi connectivity index (χ0v) is 19.8. The molecule has 6 nitrogen and oxygen atoms in total. The summed E-state index contributed by atoms with van der Waals surface area (Å²) in [6.07, 6.45) is 6.98. The number of fused-ring (bicyclic) bond motifs is 1. The number of hydrogen-bond donors (Lipinski definition) is 1. The highest BCUT2D eigenvalue weighted by atomic mass is 127. The molecular formula is C19H26BrIN6. The fraction of sp³-hybridized carbons (Fsp3) is 0.368. The second-order valence-electron chi connectivity index (χ2n) is 6.30. The molecule has 1 N–H and O–H groups in total. The summed E-state index contributed by atoms with van der Waals surface area (Å²) in [5, 5.41) is 3.37. The van der Waals surface area contributed by atoms with Gasteiger partial charge in [-0.3, -0.25) is 4.99 Å². The van der Waals surface area contributed by atoms with E-state index in [1.807, 2.05) is 28.8 Å². The van der Waals surface area contributed by atoms with Crippen LogP contribution in [0, 0.1) is 0 Å². The normalized spacial score (nSPS) is 11.5. The van der Waals surface area contributed by atoms with Gasteiger partial charge in [-0.25, -0.2) is 4.98 Å². The molecule has 0 saturated heterocycles. The van der Waals surface area contributed by atoms with Gasteiger partial charge in [-0.2, -0.15) is 0 Å². The molecule has 146 valence electrons. The number of pyridine rings is 1. The van der Waals surface area contributed by atoms with Crippen LogP contribution in [0.15, 0.2) is 52.3 Å². The van der Waals surface area contributed by atoms with E-state index in [2.05, 4.69) is 75.2 Å². The van der Waals surface area contributed by atoms with E-state index >= 15 is 0 Å². The molecule has 0 radical (unpaired) electrons. The Morgan fingerprint density at radius 3 is 2.81 bits per heavy atom. The molecule has 0 fully saturated rings. The highest BCUT2D eigenvalue weighted by Crippen LogP contribution is 2.15. The van der Waals surface area contributed by atoms with Crippen LogP contribution >= 0.6 is 39.9 Å².